The van der Waals surface area contributed by atoms with Gasteiger partial charge in [-0.2, -0.15) is 5.10 Å². The lowest BCUT2D eigenvalue weighted by Gasteiger charge is -2.06. The second-order valence-corrected chi connectivity index (χ2v) is 4.96. The van der Waals surface area contributed by atoms with Gasteiger partial charge in [-0.3, -0.25) is 4.79 Å². The molecule has 1 N–H and O–H groups in total. The van der Waals surface area contributed by atoms with Gasteiger partial charge in [-0.1, -0.05) is 18.2 Å². The van der Waals surface area contributed by atoms with E-state index in [9.17, 15) is 4.79 Å². The van der Waals surface area contributed by atoms with Gasteiger partial charge in [0.25, 0.3) is 0 Å². The fourth-order valence-corrected chi connectivity index (χ4v) is 2.25. The number of fused-ring (bicyclic) bond motifs is 1. The number of hydrogen-bond acceptors (Lipinski definition) is 5. The number of ether oxygens (including phenoxy) is 2. The minimum atomic E-state index is -0.427. The second kappa shape index (κ2) is 6.87. The minimum Gasteiger partial charge on any atom is -0.497 e. The van der Waals surface area contributed by atoms with Crippen LogP contribution in [0.4, 0.5) is 0 Å². The van der Waals surface area contributed by atoms with Gasteiger partial charge in [0, 0.05) is 10.9 Å². The number of rotatable bonds is 5. The van der Waals surface area contributed by atoms with Crippen LogP contribution in [-0.2, 0) is 0 Å². The maximum Gasteiger partial charge on any atom is 0.307 e. The Morgan fingerprint density at radius 3 is 2.71 bits per heavy atom. The number of para-hydroxylation sites is 1. The number of hydrazone groups is 1. The van der Waals surface area contributed by atoms with Crippen LogP contribution in [-0.4, -0.2) is 26.3 Å². The predicted molar refractivity (Wildman–Crippen MR) is 90.8 cm³/mol. The molecule has 3 aromatic rings. The minimum absolute atomic E-state index is 0.200. The van der Waals surface area contributed by atoms with E-state index < -0.39 is 5.91 Å². The molecule has 0 saturated heterocycles. The predicted octanol–water partition coefficient (Wildman–Crippen LogP) is 3.21. The monoisotopic (exact) mass is 324 g/mol. The van der Waals surface area contributed by atoms with Gasteiger partial charge in [-0.25, -0.2) is 5.43 Å². The summed E-state index contributed by atoms with van der Waals surface area (Å²) in [5, 5.41) is 4.81. The van der Waals surface area contributed by atoms with E-state index in [-0.39, 0.29) is 5.76 Å². The lowest BCUT2D eigenvalue weighted by atomic mass is 10.2. The number of nitrogens with one attached hydrogen (secondary N) is 1. The summed E-state index contributed by atoms with van der Waals surface area (Å²) in [4.78, 5) is 12.1. The lowest BCUT2D eigenvalue weighted by Crippen LogP contribution is -2.16. The summed E-state index contributed by atoms with van der Waals surface area (Å²) in [6.45, 7) is 0. The number of furan rings is 1. The van der Waals surface area contributed by atoms with Crippen molar-refractivity contribution in [2.75, 3.05) is 14.2 Å². The molecule has 2 aromatic carbocycles. The maximum atomic E-state index is 12.1. The van der Waals surface area contributed by atoms with E-state index in [0.29, 0.717) is 22.6 Å². The van der Waals surface area contributed by atoms with Crippen molar-refractivity contribution in [2.45, 2.75) is 0 Å². The highest BCUT2D eigenvalue weighted by atomic mass is 16.5. The molecule has 1 amide bonds. The van der Waals surface area contributed by atoms with Gasteiger partial charge in [0.05, 0.1) is 20.4 Å². The third-order valence-electron chi connectivity index (χ3n) is 3.46. The topological polar surface area (TPSA) is 73.1 Å². The number of nitrogens with zero attached hydrogens (tertiary/aromatic N) is 1. The molecule has 0 fully saturated rings. The number of benzene rings is 2. The van der Waals surface area contributed by atoms with Crippen molar-refractivity contribution in [2.24, 2.45) is 5.10 Å². The molecule has 0 radical (unpaired) electrons. The first kappa shape index (κ1) is 15.6. The van der Waals surface area contributed by atoms with Crippen molar-refractivity contribution in [3.63, 3.8) is 0 Å². The summed E-state index contributed by atoms with van der Waals surface area (Å²) in [6, 6.07) is 14.4. The molecule has 24 heavy (non-hydrogen) atoms. The van der Waals surface area contributed by atoms with E-state index in [1.165, 1.54) is 6.21 Å². The first-order valence-electron chi connectivity index (χ1n) is 7.25. The van der Waals surface area contributed by atoms with Crippen molar-refractivity contribution < 1.29 is 18.7 Å². The molecule has 0 aliphatic heterocycles. The van der Waals surface area contributed by atoms with Crippen LogP contribution in [0.3, 0.4) is 0 Å². The number of carbonyl (C=O) groups excluding carboxylic acids is 1. The van der Waals surface area contributed by atoms with Crippen molar-refractivity contribution in [3.05, 3.63) is 59.9 Å². The second-order valence-electron chi connectivity index (χ2n) is 4.96. The summed E-state index contributed by atoms with van der Waals surface area (Å²) >= 11 is 0. The largest absolute Gasteiger partial charge is 0.497 e. The molecule has 0 aliphatic rings. The van der Waals surface area contributed by atoms with Gasteiger partial charge in [-0.15, -0.1) is 0 Å². The molecule has 0 spiro atoms. The van der Waals surface area contributed by atoms with Crippen molar-refractivity contribution in [3.8, 4) is 11.5 Å². The molecule has 0 saturated carbocycles. The average Bonchev–Trinajstić information content (AvgIpc) is 3.05. The van der Waals surface area contributed by atoms with Crippen LogP contribution in [0.1, 0.15) is 16.1 Å². The van der Waals surface area contributed by atoms with Gasteiger partial charge >= 0.3 is 5.91 Å². The molecule has 0 aliphatic carbocycles. The quantitative estimate of drug-likeness (QED) is 0.578. The zero-order valence-corrected chi connectivity index (χ0v) is 13.3. The van der Waals surface area contributed by atoms with Crippen molar-refractivity contribution in [1.29, 1.82) is 0 Å². The molecule has 0 bridgehead atoms. The summed E-state index contributed by atoms with van der Waals surface area (Å²) in [6.07, 6.45) is 1.49. The molecule has 6 heteroatoms. The van der Waals surface area contributed by atoms with Gasteiger partial charge < -0.3 is 13.9 Å². The molecule has 0 unspecified atom stereocenters. The van der Waals surface area contributed by atoms with Gasteiger partial charge in [0.1, 0.15) is 17.1 Å². The summed E-state index contributed by atoms with van der Waals surface area (Å²) in [5.74, 6) is 1.06. The van der Waals surface area contributed by atoms with Crippen LogP contribution in [0.5, 0.6) is 11.5 Å². The molecular weight excluding hydrogens is 308 g/mol. The maximum absolute atomic E-state index is 12.1. The highest BCUT2D eigenvalue weighted by Gasteiger charge is 2.11. The van der Waals surface area contributed by atoms with Gasteiger partial charge in [0.15, 0.2) is 5.76 Å². The Kier molecular flexibility index (Phi) is 4.47. The Bertz CT molecular complexity index is 866. The van der Waals surface area contributed by atoms with Crippen LogP contribution < -0.4 is 14.9 Å². The van der Waals surface area contributed by atoms with Crippen molar-refractivity contribution >= 4 is 23.1 Å². The Hall–Kier alpha value is -3.28. The SMILES string of the molecule is COc1ccc(OC)c(C=NNC(=O)c2cc3ccccc3o2)c1. The standard InChI is InChI=1S/C18H16N2O4/c1-22-14-7-8-15(23-2)13(9-14)11-19-20-18(21)17-10-12-5-3-4-6-16(12)24-17/h3-11H,1-2H3,(H,20,21). The van der Waals surface area contributed by atoms with E-state index in [1.807, 2.05) is 18.2 Å². The fourth-order valence-electron chi connectivity index (χ4n) is 2.25. The Morgan fingerprint density at radius 2 is 1.96 bits per heavy atom. The van der Waals surface area contributed by atoms with E-state index in [0.717, 1.165) is 5.39 Å². The number of methoxy groups -OCH3 is 2. The van der Waals surface area contributed by atoms with E-state index >= 15 is 0 Å². The van der Waals surface area contributed by atoms with Gasteiger partial charge in [0.2, 0.25) is 0 Å². The highest BCUT2D eigenvalue weighted by molar-refractivity contribution is 5.96. The molecule has 1 aromatic heterocycles. The van der Waals surface area contributed by atoms with Crippen LogP contribution in [0, 0.1) is 0 Å². The smallest absolute Gasteiger partial charge is 0.307 e. The Labute approximate surface area is 138 Å². The molecule has 122 valence electrons. The molecular formula is C18H16N2O4. The molecule has 6 nitrogen and oxygen atoms in total. The molecule has 1 heterocycles. The lowest BCUT2D eigenvalue weighted by molar-refractivity contribution is 0.0929. The van der Waals surface area contributed by atoms with Gasteiger partial charge in [-0.05, 0) is 30.3 Å². The molecule has 3 rings (SSSR count). The third-order valence-corrected chi connectivity index (χ3v) is 3.46. The zero-order chi connectivity index (χ0) is 16.9. The highest BCUT2D eigenvalue weighted by Crippen LogP contribution is 2.22. The first-order chi connectivity index (χ1) is 11.7. The third kappa shape index (κ3) is 3.22. The summed E-state index contributed by atoms with van der Waals surface area (Å²) < 4.78 is 15.9. The van der Waals surface area contributed by atoms with Crippen LogP contribution >= 0.6 is 0 Å². The summed E-state index contributed by atoms with van der Waals surface area (Å²) in [7, 11) is 3.14. The number of amides is 1. The van der Waals surface area contributed by atoms with E-state index in [2.05, 4.69) is 10.5 Å². The summed E-state index contributed by atoms with van der Waals surface area (Å²) in [5.41, 5.74) is 3.77. The van der Waals surface area contributed by atoms with Crippen molar-refractivity contribution in [1.82, 2.24) is 5.43 Å². The Morgan fingerprint density at radius 1 is 1.12 bits per heavy atom. The van der Waals surface area contributed by atoms with E-state index in [4.69, 9.17) is 13.9 Å². The number of carbonyl (C=O) groups is 1. The first-order valence-corrected chi connectivity index (χ1v) is 7.25. The molecule has 0 atom stereocenters. The average molecular weight is 324 g/mol. The van der Waals surface area contributed by atoms with Crippen LogP contribution in [0.25, 0.3) is 11.0 Å². The normalized spacial score (nSPS) is 10.9. The number of hydrogen-bond donors (Lipinski definition) is 1. The Balaban J connectivity index is 1.75. The van der Waals surface area contributed by atoms with Crippen LogP contribution in [0.2, 0.25) is 0 Å². The zero-order valence-electron chi connectivity index (χ0n) is 13.3. The van der Waals surface area contributed by atoms with E-state index in [1.54, 1.807) is 44.6 Å². The van der Waals surface area contributed by atoms with Crippen LogP contribution in [0.15, 0.2) is 58.0 Å². The fraction of sp³-hybridized carbons (Fsp3) is 0.111.